The molecule has 31 heavy (non-hydrogen) atoms. The molecule has 3 N–H and O–H groups in total. The third-order valence-corrected chi connectivity index (χ3v) is 6.05. The highest BCUT2D eigenvalue weighted by Gasteiger charge is 2.27. The van der Waals surface area contributed by atoms with Gasteiger partial charge in [-0.2, -0.15) is 0 Å². The summed E-state index contributed by atoms with van der Waals surface area (Å²) >= 11 is 0. The van der Waals surface area contributed by atoms with Gasteiger partial charge in [-0.1, -0.05) is 78.9 Å². The number of hydrogen-bond donors (Lipinski definition) is 2. The maximum absolute atomic E-state index is 13.2. The average molecular weight is 439 g/mol. The van der Waals surface area contributed by atoms with Crippen LogP contribution in [-0.4, -0.2) is 14.0 Å². The number of nitrogens with two attached hydrogens (primary N) is 1. The van der Waals surface area contributed by atoms with Crippen LogP contribution >= 0.6 is 0 Å². The number of nitrogens with one attached hydrogen (secondary N) is 1. The minimum absolute atomic E-state index is 0.204. The molecule has 0 aliphatic heterocycles. The lowest BCUT2D eigenvalue weighted by atomic mass is 9.95. The molecule has 0 saturated heterocycles. The van der Waals surface area contributed by atoms with E-state index in [4.69, 9.17) is 10.5 Å². The molecule has 3 aromatic rings. The topological polar surface area (TPSA) is 81.4 Å². The molecule has 2 atom stereocenters. The van der Waals surface area contributed by atoms with Gasteiger partial charge in [0.2, 0.25) is 10.0 Å². The van der Waals surface area contributed by atoms with E-state index >= 15 is 0 Å². The minimum Gasteiger partial charge on any atom is -0.488 e. The first-order valence-electron chi connectivity index (χ1n) is 10.3. The maximum atomic E-state index is 13.2. The van der Waals surface area contributed by atoms with Crippen molar-refractivity contribution in [2.45, 2.75) is 44.2 Å². The summed E-state index contributed by atoms with van der Waals surface area (Å²) in [6, 6.07) is 25.0. The molecule has 0 aliphatic carbocycles. The van der Waals surface area contributed by atoms with Crippen LogP contribution in [0.5, 0.6) is 5.75 Å². The predicted molar refractivity (Wildman–Crippen MR) is 125 cm³/mol. The van der Waals surface area contributed by atoms with Crippen molar-refractivity contribution in [1.29, 1.82) is 0 Å². The molecule has 5 nitrogen and oxygen atoms in total. The number of benzene rings is 3. The summed E-state index contributed by atoms with van der Waals surface area (Å²) < 4.78 is 35.2. The number of rotatable bonds is 8. The molecule has 0 spiro atoms. The molecule has 0 amide bonds. The third kappa shape index (κ3) is 6.66. The lowest BCUT2D eigenvalue weighted by molar-refractivity contribution is 0.129. The first kappa shape index (κ1) is 23.0. The van der Waals surface area contributed by atoms with Crippen LogP contribution in [0.3, 0.4) is 0 Å². The quantitative estimate of drug-likeness (QED) is 0.533. The molecule has 0 bridgehead atoms. The first-order chi connectivity index (χ1) is 14.6. The van der Waals surface area contributed by atoms with Crippen molar-refractivity contribution in [2.75, 3.05) is 0 Å². The van der Waals surface area contributed by atoms with Gasteiger partial charge in [0.15, 0.2) is 0 Å². The van der Waals surface area contributed by atoms with Gasteiger partial charge in [-0.15, -0.1) is 0 Å². The van der Waals surface area contributed by atoms with Crippen LogP contribution in [0.2, 0.25) is 0 Å². The zero-order valence-corrected chi connectivity index (χ0v) is 19.0. The van der Waals surface area contributed by atoms with Crippen molar-refractivity contribution in [1.82, 2.24) is 4.72 Å². The Hall–Kier alpha value is -2.67. The van der Waals surface area contributed by atoms with Crippen LogP contribution in [0.4, 0.5) is 0 Å². The lowest BCUT2D eigenvalue weighted by Crippen LogP contribution is -2.36. The van der Waals surface area contributed by atoms with Gasteiger partial charge >= 0.3 is 0 Å². The van der Waals surface area contributed by atoms with Gasteiger partial charge in [-0.05, 0) is 38.0 Å². The lowest BCUT2D eigenvalue weighted by Gasteiger charge is -2.27. The summed E-state index contributed by atoms with van der Waals surface area (Å²) in [7, 11) is -3.72. The van der Waals surface area contributed by atoms with Gasteiger partial charge in [0, 0.05) is 5.56 Å². The van der Waals surface area contributed by atoms with E-state index in [1.807, 2.05) is 93.6 Å². The van der Waals surface area contributed by atoms with Gasteiger partial charge in [0.1, 0.15) is 11.4 Å². The van der Waals surface area contributed by atoms with Crippen molar-refractivity contribution in [3.8, 4) is 5.75 Å². The molecule has 0 saturated carbocycles. The van der Waals surface area contributed by atoms with Gasteiger partial charge < -0.3 is 10.5 Å². The van der Waals surface area contributed by atoms with Crippen molar-refractivity contribution in [2.24, 2.45) is 5.73 Å². The highest BCUT2D eigenvalue weighted by atomic mass is 32.2. The number of para-hydroxylation sites is 1. The molecular formula is C25H30N2O3S. The van der Waals surface area contributed by atoms with Crippen LogP contribution in [0, 0.1) is 0 Å². The van der Waals surface area contributed by atoms with E-state index in [1.54, 1.807) is 12.1 Å². The Morgan fingerprint density at radius 2 is 1.35 bits per heavy atom. The smallest absolute Gasteiger partial charge is 0.216 e. The largest absolute Gasteiger partial charge is 0.488 e. The van der Waals surface area contributed by atoms with Gasteiger partial charge in [0.25, 0.3) is 0 Å². The van der Waals surface area contributed by atoms with E-state index in [0.717, 1.165) is 11.1 Å². The Morgan fingerprint density at radius 3 is 1.94 bits per heavy atom. The summed E-state index contributed by atoms with van der Waals surface area (Å²) in [5.74, 6) is 0.355. The van der Waals surface area contributed by atoms with E-state index in [1.165, 1.54) is 0 Å². The SMILES string of the molecule is CC(C)(C)Oc1ccccc1CS(=O)(=O)NC(c1ccccc1)C(N)c1ccccc1. The molecule has 2 unspecified atom stereocenters. The number of hydrogen-bond acceptors (Lipinski definition) is 4. The fourth-order valence-electron chi connectivity index (χ4n) is 3.37. The Labute approximate surface area is 185 Å². The molecule has 0 radical (unpaired) electrons. The van der Waals surface area contributed by atoms with E-state index in [9.17, 15) is 8.42 Å². The van der Waals surface area contributed by atoms with Crippen molar-refractivity contribution in [3.63, 3.8) is 0 Å². The standard InChI is InChI=1S/C25H30N2O3S/c1-25(2,3)30-22-17-11-10-16-21(22)18-31(28,29)27-24(20-14-8-5-9-15-20)23(26)19-12-6-4-7-13-19/h4-17,23-24,27H,18,26H2,1-3H3. The fourth-order valence-corrected chi connectivity index (χ4v) is 4.77. The second-order valence-electron chi connectivity index (χ2n) is 8.52. The van der Waals surface area contributed by atoms with Crippen LogP contribution in [0.25, 0.3) is 0 Å². The zero-order chi connectivity index (χ0) is 22.5. The summed E-state index contributed by atoms with van der Waals surface area (Å²) in [5, 5.41) is 0. The first-order valence-corrected chi connectivity index (χ1v) is 11.9. The highest BCUT2D eigenvalue weighted by molar-refractivity contribution is 7.88. The fraction of sp³-hybridized carbons (Fsp3) is 0.280. The summed E-state index contributed by atoms with van der Waals surface area (Å²) in [4.78, 5) is 0. The van der Waals surface area contributed by atoms with E-state index in [-0.39, 0.29) is 5.75 Å². The molecule has 3 aromatic carbocycles. The van der Waals surface area contributed by atoms with E-state index in [2.05, 4.69) is 4.72 Å². The summed E-state index contributed by atoms with van der Waals surface area (Å²) in [6.07, 6.45) is 0. The third-order valence-electron chi connectivity index (χ3n) is 4.74. The van der Waals surface area contributed by atoms with Crippen LogP contribution in [0.1, 0.15) is 49.5 Å². The Morgan fingerprint density at radius 1 is 0.839 bits per heavy atom. The molecule has 0 fully saturated rings. The van der Waals surface area contributed by atoms with Crippen molar-refractivity contribution < 1.29 is 13.2 Å². The highest BCUT2D eigenvalue weighted by Crippen LogP contribution is 2.29. The summed E-state index contributed by atoms with van der Waals surface area (Å²) in [5.41, 5.74) is 8.36. The zero-order valence-electron chi connectivity index (χ0n) is 18.2. The monoisotopic (exact) mass is 438 g/mol. The van der Waals surface area contributed by atoms with Crippen LogP contribution in [0.15, 0.2) is 84.9 Å². The molecule has 0 heterocycles. The van der Waals surface area contributed by atoms with E-state index < -0.39 is 27.7 Å². The van der Waals surface area contributed by atoms with Crippen molar-refractivity contribution >= 4 is 10.0 Å². The second kappa shape index (κ2) is 9.64. The van der Waals surface area contributed by atoms with Crippen LogP contribution in [-0.2, 0) is 15.8 Å². The summed E-state index contributed by atoms with van der Waals surface area (Å²) in [6.45, 7) is 5.79. The van der Waals surface area contributed by atoms with E-state index in [0.29, 0.717) is 11.3 Å². The van der Waals surface area contributed by atoms with Gasteiger partial charge in [-0.25, -0.2) is 13.1 Å². The minimum atomic E-state index is -3.72. The Bertz CT molecular complexity index is 1080. The molecule has 3 rings (SSSR count). The average Bonchev–Trinajstić information content (AvgIpc) is 2.73. The molecule has 0 aliphatic rings. The number of sulfonamides is 1. The Kier molecular flexibility index (Phi) is 7.15. The molecular weight excluding hydrogens is 408 g/mol. The Balaban J connectivity index is 1.89. The van der Waals surface area contributed by atoms with Crippen LogP contribution < -0.4 is 15.2 Å². The number of ether oxygens (including phenoxy) is 1. The maximum Gasteiger partial charge on any atom is 0.216 e. The molecule has 6 heteroatoms. The normalized spacial score (nSPS) is 14.1. The molecule has 164 valence electrons. The molecule has 0 aromatic heterocycles. The van der Waals surface area contributed by atoms with Gasteiger partial charge in [0.05, 0.1) is 17.8 Å². The van der Waals surface area contributed by atoms with Gasteiger partial charge in [-0.3, -0.25) is 0 Å². The predicted octanol–water partition coefficient (Wildman–Crippen LogP) is 4.72. The van der Waals surface area contributed by atoms with Crippen molar-refractivity contribution in [3.05, 3.63) is 102 Å². The second-order valence-corrected chi connectivity index (χ2v) is 10.3.